The van der Waals surface area contributed by atoms with Gasteiger partial charge in [0.2, 0.25) is 0 Å². The number of carbonyl (C=O) groups is 3. The van der Waals surface area contributed by atoms with Gasteiger partial charge in [-0.15, -0.1) is 0 Å². The molecule has 0 aromatic carbocycles. The van der Waals surface area contributed by atoms with Gasteiger partial charge in [0.25, 0.3) is 0 Å². The molecule has 2 unspecified atom stereocenters. The zero-order valence-corrected chi connectivity index (χ0v) is 41.5. The number of aliphatic carboxylic acids is 1. The zero-order chi connectivity index (χ0) is 45.6. The van der Waals surface area contributed by atoms with E-state index in [1.165, 1.54) is 167 Å². The topological polar surface area (TPSA) is 111 Å². The minimum atomic E-state index is -1.62. The highest BCUT2D eigenvalue weighted by atomic mass is 16.7. The largest absolute Gasteiger partial charge is 0.545 e. The molecular formula is C53H101NO8. The van der Waals surface area contributed by atoms with Crippen LogP contribution in [0.1, 0.15) is 251 Å². The van der Waals surface area contributed by atoms with Crippen molar-refractivity contribution in [3.05, 3.63) is 12.2 Å². The van der Waals surface area contributed by atoms with Gasteiger partial charge in [-0.2, -0.15) is 0 Å². The van der Waals surface area contributed by atoms with Crippen LogP contribution in [0.5, 0.6) is 0 Å². The summed E-state index contributed by atoms with van der Waals surface area (Å²) in [7, 11) is 5.92. The minimum absolute atomic E-state index is 0.149. The molecule has 2 atom stereocenters. The van der Waals surface area contributed by atoms with Crippen LogP contribution < -0.4 is 5.11 Å². The molecule has 0 rings (SSSR count). The fourth-order valence-electron chi connectivity index (χ4n) is 7.65. The van der Waals surface area contributed by atoms with Crippen LogP contribution >= 0.6 is 0 Å². The van der Waals surface area contributed by atoms with Crippen molar-refractivity contribution in [3.63, 3.8) is 0 Å². The lowest BCUT2D eigenvalue weighted by molar-refractivity contribution is -0.870. The number of esters is 2. The summed E-state index contributed by atoms with van der Waals surface area (Å²) in [6, 6.07) is 0. The molecule has 0 aliphatic rings. The average molecular weight is 880 g/mol. The van der Waals surface area contributed by atoms with E-state index in [-0.39, 0.29) is 32.2 Å². The maximum atomic E-state index is 12.8. The van der Waals surface area contributed by atoms with Gasteiger partial charge in [-0.05, 0) is 38.5 Å². The van der Waals surface area contributed by atoms with Gasteiger partial charge in [-0.1, -0.05) is 212 Å². The predicted molar refractivity (Wildman–Crippen MR) is 256 cm³/mol. The van der Waals surface area contributed by atoms with Gasteiger partial charge in [-0.25, -0.2) is 0 Å². The molecule has 0 aromatic rings. The number of hydrogen-bond acceptors (Lipinski definition) is 8. The van der Waals surface area contributed by atoms with Gasteiger partial charge in [0.15, 0.2) is 12.4 Å². The van der Waals surface area contributed by atoms with Gasteiger partial charge in [0.1, 0.15) is 13.2 Å². The van der Waals surface area contributed by atoms with Crippen molar-refractivity contribution >= 4 is 17.9 Å². The van der Waals surface area contributed by atoms with Crippen LogP contribution in [0.2, 0.25) is 0 Å². The van der Waals surface area contributed by atoms with Gasteiger partial charge in [0.05, 0.1) is 40.3 Å². The second-order valence-corrected chi connectivity index (χ2v) is 19.2. The molecule has 366 valence electrons. The number of hydrogen-bond donors (Lipinski definition) is 0. The quantitative estimate of drug-likeness (QED) is 0.0195. The van der Waals surface area contributed by atoms with Crippen LogP contribution in [0.4, 0.5) is 0 Å². The number of ether oxygens (including phenoxy) is 4. The van der Waals surface area contributed by atoms with Crippen molar-refractivity contribution in [2.24, 2.45) is 0 Å². The first-order chi connectivity index (χ1) is 30.1. The summed E-state index contributed by atoms with van der Waals surface area (Å²) in [4.78, 5) is 37.1. The second-order valence-electron chi connectivity index (χ2n) is 19.2. The highest BCUT2D eigenvalue weighted by Gasteiger charge is 2.22. The average Bonchev–Trinajstić information content (AvgIpc) is 3.23. The molecule has 9 heteroatoms. The van der Waals surface area contributed by atoms with E-state index in [1.807, 2.05) is 21.1 Å². The van der Waals surface area contributed by atoms with Gasteiger partial charge in [-0.3, -0.25) is 9.59 Å². The summed E-state index contributed by atoms with van der Waals surface area (Å²) >= 11 is 0. The zero-order valence-electron chi connectivity index (χ0n) is 41.5. The van der Waals surface area contributed by atoms with Gasteiger partial charge < -0.3 is 33.3 Å². The van der Waals surface area contributed by atoms with E-state index < -0.39 is 24.3 Å². The fourth-order valence-corrected chi connectivity index (χ4v) is 7.65. The summed E-state index contributed by atoms with van der Waals surface area (Å²) < 4.78 is 22.6. The standard InChI is InChI=1S/C53H101NO8/c1-6-8-10-12-14-16-18-20-22-24-25-26-27-28-30-31-33-35-37-39-41-43-50(55)60-47-49(48-61-53(52(57)58)59-46-45-54(3,4)5)62-51(56)44-42-40-38-36-34-32-29-23-21-19-17-15-13-11-9-7-2/h23,29,49,53H,6-22,24-28,30-48H2,1-5H3/b29-23-. The number of rotatable bonds is 49. The molecule has 0 amide bonds. The number of likely N-dealkylation sites (N-methyl/N-ethyl adjacent to an activating group) is 1. The molecule has 0 aliphatic carbocycles. The molecular weight excluding hydrogens is 779 g/mol. The number of unbranched alkanes of at least 4 members (excludes halogenated alkanes) is 32. The lowest BCUT2D eigenvalue weighted by atomic mass is 10.0. The Kier molecular flexibility index (Phi) is 44.1. The van der Waals surface area contributed by atoms with E-state index in [4.69, 9.17) is 18.9 Å². The van der Waals surface area contributed by atoms with Crippen LogP contribution in [0.3, 0.4) is 0 Å². The molecule has 0 N–H and O–H groups in total. The minimum Gasteiger partial charge on any atom is -0.545 e. The van der Waals surface area contributed by atoms with Crippen molar-refractivity contribution < 1.29 is 42.9 Å². The highest BCUT2D eigenvalue weighted by molar-refractivity contribution is 5.70. The van der Waals surface area contributed by atoms with E-state index in [9.17, 15) is 19.5 Å². The third-order valence-electron chi connectivity index (χ3n) is 11.8. The molecule has 0 heterocycles. The highest BCUT2D eigenvalue weighted by Crippen LogP contribution is 2.16. The van der Waals surface area contributed by atoms with Crippen molar-refractivity contribution in [1.82, 2.24) is 0 Å². The first-order valence-electron chi connectivity index (χ1n) is 26.3. The Morgan fingerprint density at radius 2 is 0.823 bits per heavy atom. The number of carbonyl (C=O) groups excluding carboxylic acids is 3. The molecule has 0 bridgehead atoms. The summed E-state index contributed by atoms with van der Waals surface area (Å²) in [6.07, 6.45) is 46.7. The van der Waals surface area contributed by atoms with Crippen LogP contribution in [0.25, 0.3) is 0 Å². The Morgan fingerprint density at radius 3 is 1.19 bits per heavy atom. The normalized spacial score (nSPS) is 12.9. The number of allylic oxidation sites excluding steroid dienone is 2. The van der Waals surface area contributed by atoms with Gasteiger partial charge in [0, 0.05) is 12.8 Å². The molecule has 0 saturated heterocycles. The number of quaternary nitrogens is 1. The summed E-state index contributed by atoms with van der Waals surface area (Å²) in [6.45, 7) is 4.77. The molecule has 0 saturated carbocycles. The van der Waals surface area contributed by atoms with Crippen molar-refractivity contribution in [2.45, 2.75) is 264 Å². The van der Waals surface area contributed by atoms with E-state index >= 15 is 0 Å². The maximum Gasteiger partial charge on any atom is 0.306 e. The first-order valence-corrected chi connectivity index (χ1v) is 26.3. The number of carboxylic acid groups (broad SMARTS) is 1. The number of carboxylic acids is 1. The fraction of sp³-hybridized carbons (Fsp3) is 0.906. The first kappa shape index (κ1) is 60.0. The Bertz CT molecular complexity index is 1030. The Morgan fingerprint density at radius 1 is 0.468 bits per heavy atom. The molecule has 0 spiro atoms. The van der Waals surface area contributed by atoms with Crippen molar-refractivity contribution in [2.75, 3.05) is 47.5 Å². The van der Waals surface area contributed by atoms with E-state index in [2.05, 4.69) is 26.0 Å². The molecule has 0 aromatic heterocycles. The lowest BCUT2D eigenvalue weighted by Crippen LogP contribution is -2.44. The summed E-state index contributed by atoms with van der Waals surface area (Å²) in [5, 5.41) is 11.7. The maximum absolute atomic E-state index is 12.8. The number of nitrogens with zero attached hydrogens (tertiary/aromatic N) is 1. The van der Waals surface area contributed by atoms with E-state index in [1.54, 1.807) is 0 Å². The third kappa shape index (κ3) is 46.0. The van der Waals surface area contributed by atoms with Crippen molar-refractivity contribution in [1.29, 1.82) is 0 Å². The summed E-state index contributed by atoms with van der Waals surface area (Å²) in [5.41, 5.74) is 0. The van der Waals surface area contributed by atoms with Crippen LogP contribution in [-0.2, 0) is 33.3 Å². The van der Waals surface area contributed by atoms with Gasteiger partial charge >= 0.3 is 11.9 Å². The second kappa shape index (κ2) is 45.6. The Balaban J connectivity index is 4.28. The smallest absolute Gasteiger partial charge is 0.306 e. The monoisotopic (exact) mass is 880 g/mol. The lowest BCUT2D eigenvalue weighted by Gasteiger charge is -2.26. The molecule has 0 fully saturated rings. The molecule has 0 radical (unpaired) electrons. The molecule has 62 heavy (non-hydrogen) atoms. The van der Waals surface area contributed by atoms with E-state index in [0.29, 0.717) is 23.9 Å². The van der Waals surface area contributed by atoms with Crippen LogP contribution in [0, 0.1) is 0 Å². The van der Waals surface area contributed by atoms with Crippen LogP contribution in [0.15, 0.2) is 12.2 Å². The predicted octanol–water partition coefficient (Wildman–Crippen LogP) is 13.3. The summed E-state index contributed by atoms with van der Waals surface area (Å²) in [5.74, 6) is -2.28. The Hall–Kier alpha value is -1.97. The van der Waals surface area contributed by atoms with Crippen LogP contribution in [-0.4, -0.2) is 82.3 Å². The SMILES string of the molecule is CCCCCCCCC/C=C\CCCCCCCC(=O)OC(COC(=O)CCCCCCCCCCCCCCCCCCCCCCC)COC(OCC[N+](C)(C)C)C(=O)[O-]. The van der Waals surface area contributed by atoms with E-state index in [0.717, 1.165) is 51.4 Å². The molecule has 9 nitrogen and oxygen atoms in total. The Labute approximate surface area is 383 Å². The van der Waals surface area contributed by atoms with Crippen molar-refractivity contribution in [3.8, 4) is 0 Å². The third-order valence-corrected chi connectivity index (χ3v) is 11.8. The molecule has 0 aliphatic heterocycles.